The number of thiophene rings is 1. The summed E-state index contributed by atoms with van der Waals surface area (Å²) in [6.07, 6.45) is 2.49. The molecular weight excluding hydrogens is 184 g/mol. The van der Waals surface area contributed by atoms with Gasteiger partial charge in [-0.15, -0.1) is 11.3 Å². The fourth-order valence-corrected chi connectivity index (χ4v) is 1.83. The van der Waals surface area contributed by atoms with Gasteiger partial charge < -0.3 is 0 Å². The van der Waals surface area contributed by atoms with Gasteiger partial charge in [-0.2, -0.15) is 0 Å². The van der Waals surface area contributed by atoms with Crippen LogP contribution in [0.15, 0.2) is 17.5 Å². The molecule has 13 heavy (non-hydrogen) atoms. The normalized spacial score (nSPS) is 9.92. The summed E-state index contributed by atoms with van der Waals surface area (Å²) in [5.74, 6) is 0.0547. The SMILES string of the molecule is CNNC(=O)CCCc1cccs1. The minimum Gasteiger partial charge on any atom is -0.292 e. The predicted octanol–water partition coefficient (Wildman–Crippen LogP) is 1.32. The zero-order valence-corrected chi connectivity index (χ0v) is 8.49. The van der Waals surface area contributed by atoms with Crippen molar-refractivity contribution in [3.8, 4) is 0 Å². The van der Waals surface area contributed by atoms with E-state index in [1.54, 1.807) is 18.4 Å². The number of carbonyl (C=O) groups is 1. The molecule has 1 amide bonds. The van der Waals surface area contributed by atoms with Crippen LogP contribution in [0.25, 0.3) is 0 Å². The lowest BCUT2D eigenvalue weighted by molar-refractivity contribution is -0.122. The number of carbonyl (C=O) groups excluding carboxylic acids is 1. The van der Waals surface area contributed by atoms with Crippen LogP contribution >= 0.6 is 11.3 Å². The highest BCUT2D eigenvalue weighted by Gasteiger charge is 1.99. The molecule has 1 aromatic rings. The van der Waals surface area contributed by atoms with Crippen LogP contribution in [0, 0.1) is 0 Å². The summed E-state index contributed by atoms with van der Waals surface area (Å²) in [6, 6.07) is 4.13. The van der Waals surface area contributed by atoms with E-state index in [1.807, 2.05) is 6.07 Å². The van der Waals surface area contributed by atoms with E-state index in [4.69, 9.17) is 0 Å². The first-order chi connectivity index (χ1) is 6.33. The number of aryl methyl sites for hydroxylation is 1. The molecule has 0 aliphatic heterocycles. The molecule has 3 nitrogen and oxygen atoms in total. The lowest BCUT2D eigenvalue weighted by Crippen LogP contribution is -2.33. The fourth-order valence-electron chi connectivity index (χ4n) is 1.08. The van der Waals surface area contributed by atoms with E-state index >= 15 is 0 Å². The molecule has 1 rings (SSSR count). The predicted molar refractivity (Wildman–Crippen MR) is 54.5 cm³/mol. The van der Waals surface area contributed by atoms with Crippen LogP contribution < -0.4 is 10.9 Å². The van der Waals surface area contributed by atoms with Crippen molar-refractivity contribution in [3.05, 3.63) is 22.4 Å². The molecule has 0 aliphatic carbocycles. The van der Waals surface area contributed by atoms with Gasteiger partial charge in [0, 0.05) is 18.3 Å². The summed E-state index contributed by atoms with van der Waals surface area (Å²) in [7, 11) is 1.69. The van der Waals surface area contributed by atoms with Gasteiger partial charge in [-0.1, -0.05) is 6.07 Å². The van der Waals surface area contributed by atoms with Gasteiger partial charge in [0.15, 0.2) is 0 Å². The van der Waals surface area contributed by atoms with Gasteiger partial charge >= 0.3 is 0 Å². The molecule has 0 radical (unpaired) electrons. The monoisotopic (exact) mass is 198 g/mol. The average molecular weight is 198 g/mol. The highest BCUT2D eigenvalue weighted by atomic mass is 32.1. The minimum absolute atomic E-state index is 0.0547. The Balaban J connectivity index is 2.11. The molecule has 0 fully saturated rings. The van der Waals surface area contributed by atoms with Gasteiger partial charge in [-0.05, 0) is 24.3 Å². The van der Waals surface area contributed by atoms with Crippen molar-refractivity contribution >= 4 is 17.2 Å². The first kappa shape index (κ1) is 10.2. The Kier molecular flexibility index (Phi) is 4.49. The average Bonchev–Trinajstić information content (AvgIpc) is 2.57. The van der Waals surface area contributed by atoms with Crippen molar-refractivity contribution in [1.29, 1.82) is 0 Å². The number of hydrazine groups is 1. The molecule has 0 aliphatic rings. The van der Waals surface area contributed by atoms with Gasteiger partial charge in [0.2, 0.25) is 5.91 Å². The van der Waals surface area contributed by atoms with Gasteiger partial charge in [0.25, 0.3) is 0 Å². The molecule has 0 aromatic carbocycles. The van der Waals surface area contributed by atoms with E-state index in [0.717, 1.165) is 12.8 Å². The minimum atomic E-state index is 0.0547. The third-order valence-corrected chi connectivity index (χ3v) is 2.61. The molecule has 1 heterocycles. The van der Waals surface area contributed by atoms with E-state index in [0.29, 0.717) is 6.42 Å². The van der Waals surface area contributed by atoms with Crippen molar-refractivity contribution in [3.63, 3.8) is 0 Å². The van der Waals surface area contributed by atoms with E-state index in [2.05, 4.69) is 22.3 Å². The lowest BCUT2D eigenvalue weighted by Gasteiger charge is -2.01. The maximum Gasteiger partial charge on any atom is 0.234 e. The third-order valence-electron chi connectivity index (χ3n) is 1.67. The van der Waals surface area contributed by atoms with Gasteiger partial charge in [-0.25, -0.2) is 5.43 Å². The Hall–Kier alpha value is -0.870. The topological polar surface area (TPSA) is 41.1 Å². The van der Waals surface area contributed by atoms with Crippen LogP contribution in [0.2, 0.25) is 0 Å². The lowest BCUT2D eigenvalue weighted by atomic mass is 10.2. The summed E-state index contributed by atoms with van der Waals surface area (Å²) in [5.41, 5.74) is 5.15. The Morgan fingerprint density at radius 1 is 1.62 bits per heavy atom. The molecule has 72 valence electrons. The van der Waals surface area contributed by atoms with Crippen LogP contribution in [0.5, 0.6) is 0 Å². The Bertz CT molecular complexity index is 246. The Morgan fingerprint density at radius 3 is 3.08 bits per heavy atom. The summed E-state index contributed by atoms with van der Waals surface area (Å²) in [6.45, 7) is 0. The van der Waals surface area contributed by atoms with Crippen LogP contribution in [-0.2, 0) is 11.2 Å². The van der Waals surface area contributed by atoms with Gasteiger partial charge in [0.05, 0.1) is 0 Å². The largest absolute Gasteiger partial charge is 0.292 e. The highest BCUT2D eigenvalue weighted by Crippen LogP contribution is 2.11. The molecule has 0 unspecified atom stereocenters. The third kappa shape index (κ3) is 4.05. The number of rotatable bonds is 5. The van der Waals surface area contributed by atoms with E-state index < -0.39 is 0 Å². The zero-order valence-electron chi connectivity index (χ0n) is 7.67. The Labute approximate surface area is 82.1 Å². The maximum absolute atomic E-state index is 11.0. The summed E-state index contributed by atoms with van der Waals surface area (Å²) < 4.78 is 0. The van der Waals surface area contributed by atoms with Crippen molar-refractivity contribution in [1.82, 2.24) is 10.9 Å². The van der Waals surface area contributed by atoms with Crippen molar-refractivity contribution < 1.29 is 4.79 Å². The molecular formula is C9H14N2OS. The van der Waals surface area contributed by atoms with Crippen LogP contribution in [0.3, 0.4) is 0 Å². The summed E-state index contributed by atoms with van der Waals surface area (Å²) >= 11 is 1.74. The first-order valence-electron chi connectivity index (χ1n) is 4.31. The highest BCUT2D eigenvalue weighted by molar-refractivity contribution is 7.09. The number of amides is 1. The molecule has 0 spiro atoms. The van der Waals surface area contributed by atoms with Crippen LogP contribution in [0.1, 0.15) is 17.7 Å². The molecule has 0 saturated carbocycles. The van der Waals surface area contributed by atoms with E-state index in [1.165, 1.54) is 4.88 Å². The maximum atomic E-state index is 11.0. The molecule has 0 bridgehead atoms. The zero-order chi connectivity index (χ0) is 9.52. The standard InChI is InChI=1S/C9H14N2OS/c1-10-11-9(12)6-2-4-8-5-3-7-13-8/h3,5,7,10H,2,4,6H2,1H3,(H,11,12). The number of hydrogen-bond acceptors (Lipinski definition) is 3. The molecule has 0 atom stereocenters. The second-order valence-corrected chi connectivity index (χ2v) is 3.76. The second kappa shape index (κ2) is 5.72. The van der Waals surface area contributed by atoms with Crippen molar-refractivity contribution in [2.45, 2.75) is 19.3 Å². The van der Waals surface area contributed by atoms with Crippen molar-refractivity contribution in [2.75, 3.05) is 7.05 Å². The van der Waals surface area contributed by atoms with Crippen LogP contribution in [-0.4, -0.2) is 13.0 Å². The number of nitrogens with one attached hydrogen (secondary N) is 2. The van der Waals surface area contributed by atoms with Crippen LogP contribution in [0.4, 0.5) is 0 Å². The quantitative estimate of drug-likeness (QED) is 0.701. The molecule has 0 saturated heterocycles. The Morgan fingerprint density at radius 2 is 2.46 bits per heavy atom. The summed E-state index contributed by atoms with van der Waals surface area (Å²) in [4.78, 5) is 12.3. The van der Waals surface area contributed by atoms with E-state index in [-0.39, 0.29) is 5.91 Å². The van der Waals surface area contributed by atoms with Gasteiger partial charge in [0.1, 0.15) is 0 Å². The molecule has 1 aromatic heterocycles. The second-order valence-electron chi connectivity index (χ2n) is 2.73. The van der Waals surface area contributed by atoms with E-state index in [9.17, 15) is 4.79 Å². The smallest absolute Gasteiger partial charge is 0.234 e. The molecule has 2 N–H and O–H groups in total. The first-order valence-corrected chi connectivity index (χ1v) is 5.19. The van der Waals surface area contributed by atoms with Gasteiger partial charge in [-0.3, -0.25) is 10.2 Å². The molecule has 4 heteroatoms. The summed E-state index contributed by atoms with van der Waals surface area (Å²) in [5, 5.41) is 2.06. The number of hydrogen-bond donors (Lipinski definition) is 2. The fraction of sp³-hybridized carbons (Fsp3) is 0.444. The van der Waals surface area contributed by atoms with Crippen molar-refractivity contribution in [2.24, 2.45) is 0 Å².